The molecule has 470 valence electrons. The first kappa shape index (κ1) is 77.8. The van der Waals surface area contributed by atoms with Crippen molar-refractivity contribution in [3.05, 3.63) is 48.6 Å². The molecule has 0 saturated carbocycles. The van der Waals surface area contributed by atoms with E-state index >= 15 is 0 Å². The summed E-state index contributed by atoms with van der Waals surface area (Å²) in [6, 6.07) is -0.631. The van der Waals surface area contributed by atoms with Crippen molar-refractivity contribution in [2.45, 2.75) is 398 Å². The summed E-state index contributed by atoms with van der Waals surface area (Å²) in [5, 5.41) is 23.2. The normalized spacial score (nSPS) is 12.8. The number of aliphatic hydroxyl groups excluding tert-OH is 2. The highest BCUT2D eigenvalue weighted by molar-refractivity contribution is 5.76. The number of rotatable bonds is 67. The van der Waals surface area contributed by atoms with E-state index in [1.54, 1.807) is 6.08 Å². The van der Waals surface area contributed by atoms with Gasteiger partial charge in [-0.05, 0) is 89.9 Å². The van der Waals surface area contributed by atoms with Crippen molar-refractivity contribution in [2.75, 3.05) is 13.2 Å². The molecule has 6 heteroatoms. The van der Waals surface area contributed by atoms with Gasteiger partial charge in [-0.2, -0.15) is 0 Å². The zero-order valence-electron chi connectivity index (χ0n) is 53.8. The number of esters is 1. The van der Waals surface area contributed by atoms with Gasteiger partial charge in [-0.15, -0.1) is 0 Å². The molecule has 0 bridgehead atoms. The number of unbranched alkanes of at least 4 members (excludes halogenated alkanes) is 50. The van der Waals surface area contributed by atoms with Crippen LogP contribution in [-0.4, -0.2) is 47.4 Å². The Morgan fingerprint density at radius 2 is 0.625 bits per heavy atom. The number of allylic oxidation sites excluding steroid dienone is 7. The average molecular weight is 1120 g/mol. The number of carbonyl (C=O) groups excluding carboxylic acids is 2. The Morgan fingerprint density at radius 3 is 0.988 bits per heavy atom. The third-order valence-electron chi connectivity index (χ3n) is 16.6. The lowest BCUT2D eigenvalue weighted by molar-refractivity contribution is -0.143. The molecule has 80 heavy (non-hydrogen) atoms. The third-order valence-corrected chi connectivity index (χ3v) is 16.6. The Kier molecular flexibility index (Phi) is 67.4. The average Bonchev–Trinajstić information content (AvgIpc) is 3.46. The Morgan fingerprint density at radius 1 is 0.350 bits per heavy atom. The summed E-state index contributed by atoms with van der Waals surface area (Å²) in [5.41, 5.74) is 0. The summed E-state index contributed by atoms with van der Waals surface area (Å²) in [6.45, 7) is 4.90. The smallest absolute Gasteiger partial charge is 0.305 e. The van der Waals surface area contributed by atoms with Gasteiger partial charge in [0.15, 0.2) is 0 Å². The first-order chi connectivity index (χ1) is 39.5. The van der Waals surface area contributed by atoms with Crippen LogP contribution in [0.25, 0.3) is 0 Å². The Balaban J connectivity index is 3.42. The van der Waals surface area contributed by atoms with E-state index in [4.69, 9.17) is 4.74 Å². The van der Waals surface area contributed by atoms with Gasteiger partial charge in [0.1, 0.15) is 0 Å². The van der Waals surface area contributed by atoms with Crippen LogP contribution >= 0.6 is 0 Å². The highest BCUT2D eigenvalue weighted by Crippen LogP contribution is 2.18. The number of hydrogen-bond donors (Lipinski definition) is 3. The van der Waals surface area contributed by atoms with Gasteiger partial charge in [0, 0.05) is 12.8 Å². The number of nitrogens with one attached hydrogen (secondary N) is 1. The molecule has 0 aromatic rings. The van der Waals surface area contributed by atoms with Crippen molar-refractivity contribution in [3.8, 4) is 0 Å². The summed E-state index contributed by atoms with van der Waals surface area (Å²) in [5.74, 6) is -0.0605. The van der Waals surface area contributed by atoms with Gasteiger partial charge in [0.25, 0.3) is 0 Å². The molecule has 1 amide bonds. The van der Waals surface area contributed by atoms with Gasteiger partial charge in [-0.25, -0.2) is 0 Å². The van der Waals surface area contributed by atoms with Gasteiger partial charge in [-0.3, -0.25) is 9.59 Å². The lowest BCUT2D eigenvalue weighted by Gasteiger charge is -2.20. The molecule has 0 radical (unpaired) electrons. The van der Waals surface area contributed by atoms with Crippen LogP contribution < -0.4 is 5.32 Å². The lowest BCUT2D eigenvalue weighted by atomic mass is 10.0. The van der Waals surface area contributed by atoms with E-state index in [9.17, 15) is 19.8 Å². The van der Waals surface area contributed by atoms with Crippen molar-refractivity contribution in [3.63, 3.8) is 0 Å². The van der Waals surface area contributed by atoms with Gasteiger partial charge < -0.3 is 20.3 Å². The molecule has 2 atom stereocenters. The van der Waals surface area contributed by atoms with Crippen LogP contribution in [0.3, 0.4) is 0 Å². The third kappa shape index (κ3) is 65.0. The molecule has 0 aliphatic rings. The van der Waals surface area contributed by atoms with Gasteiger partial charge in [0.2, 0.25) is 5.91 Å². The van der Waals surface area contributed by atoms with Crippen LogP contribution in [0.1, 0.15) is 386 Å². The Bertz CT molecular complexity index is 1340. The maximum Gasteiger partial charge on any atom is 0.305 e. The Hall–Kier alpha value is -2.18. The number of hydrogen-bond acceptors (Lipinski definition) is 5. The molecule has 0 saturated heterocycles. The van der Waals surface area contributed by atoms with E-state index in [0.29, 0.717) is 19.4 Å². The van der Waals surface area contributed by atoms with E-state index in [-0.39, 0.29) is 18.5 Å². The molecule has 3 N–H and O–H groups in total. The van der Waals surface area contributed by atoms with Crippen molar-refractivity contribution >= 4 is 11.9 Å². The number of carbonyl (C=O) groups is 2. The fraction of sp³-hybridized carbons (Fsp3) is 0.865. The molecular formula is C74H139NO5. The molecule has 0 spiro atoms. The second-order valence-corrected chi connectivity index (χ2v) is 24.6. The molecular weight excluding hydrogens is 983 g/mol. The number of amides is 1. The summed E-state index contributed by atoms with van der Waals surface area (Å²) < 4.78 is 5.50. The minimum absolute atomic E-state index is 0.00639. The van der Waals surface area contributed by atoms with Crippen LogP contribution in [-0.2, 0) is 14.3 Å². The summed E-state index contributed by atoms with van der Waals surface area (Å²) in [7, 11) is 0. The van der Waals surface area contributed by atoms with E-state index in [1.165, 1.54) is 308 Å². The van der Waals surface area contributed by atoms with Crippen LogP contribution in [0.2, 0.25) is 0 Å². The number of aliphatic hydroxyl groups is 2. The second kappa shape index (κ2) is 69.3. The molecule has 2 unspecified atom stereocenters. The monoisotopic (exact) mass is 1120 g/mol. The first-order valence-electron chi connectivity index (χ1n) is 35.9. The summed E-state index contributed by atoms with van der Waals surface area (Å²) in [4.78, 5) is 24.6. The van der Waals surface area contributed by atoms with Crippen LogP contribution in [0, 0.1) is 0 Å². The molecule has 0 aliphatic carbocycles. The minimum Gasteiger partial charge on any atom is -0.466 e. The fourth-order valence-electron chi connectivity index (χ4n) is 11.1. The minimum atomic E-state index is -0.847. The van der Waals surface area contributed by atoms with Crippen molar-refractivity contribution in [1.29, 1.82) is 0 Å². The van der Waals surface area contributed by atoms with Crippen molar-refractivity contribution in [2.24, 2.45) is 0 Å². The zero-order chi connectivity index (χ0) is 57.8. The predicted octanol–water partition coefficient (Wildman–Crippen LogP) is 23.3. The summed E-state index contributed by atoms with van der Waals surface area (Å²) in [6.07, 6.45) is 90.4. The van der Waals surface area contributed by atoms with Gasteiger partial charge in [-0.1, -0.05) is 332 Å². The molecule has 6 nitrogen and oxygen atoms in total. The largest absolute Gasteiger partial charge is 0.466 e. The fourth-order valence-corrected chi connectivity index (χ4v) is 11.1. The molecule has 0 aromatic heterocycles. The lowest BCUT2D eigenvalue weighted by Crippen LogP contribution is -2.45. The molecule has 0 aromatic carbocycles. The van der Waals surface area contributed by atoms with Crippen molar-refractivity contribution < 1.29 is 24.5 Å². The van der Waals surface area contributed by atoms with E-state index in [1.807, 2.05) is 6.08 Å². The quantitative estimate of drug-likeness (QED) is 0.0320. The molecule has 0 aliphatic heterocycles. The first-order valence-corrected chi connectivity index (χ1v) is 35.9. The topological polar surface area (TPSA) is 95.9 Å². The summed E-state index contributed by atoms with van der Waals surface area (Å²) >= 11 is 0. The second-order valence-electron chi connectivity index (χ2n) is 24.6. The van der Waals surface area contributed by atoms with Crippen LogP contribution in [0.5, 0.6) is 0 Å². The number of ether oxygens (including phenoxy) is 1. The van der Waals surface area contributed by atoms with E-state index < -0.39 is 12.1 Å². The zero-order valence-corrected chi connectivity index (χ0v) is 53.8. The van der Waals surface area contributed by atoms with E-state index in [0.717, 1.165) is 51.4 Å². The molecule has 0 fully saturated rings. The standard InChI is InChI=1S/C74H139NO5/c1-3-5-7-9-11-13-15-17-19-21-22-31-35-38-42-46-50-54-58-62-66-72(77)71(70-76)75-73(78)67-63-59-55-51-47-43-39-36-32-29-27-25-23-24-26-28-30-33-37-41-45-49-53-57-61-65-69-80-74(79)68-64-60-56-52-48-44-40-34-20-18-16-14-12-10-8-6-4-2/h12,14,18,20,23,25,62,66,71-72,76-77H,3-11,13,15-17,19,21-22,24,26-61,63-65,67-70H2,1-2H3,(H,75,78)/b14-12-,20-18-,25-23-,66-62+. The SMILES string of the molecule is CCCCC/C=C\C/C=C\CCCCCCCCCC(=O)OCCCCCCCCCCCCCC/C=C\CCCCCCCCCCCCC(=O)NC(CO)C(O)/C=C/CCCCCCCCCCCCCCCCCCCC. The van der Waals surface area contributed by atoms with Crippen molar-refractivity contribution in [1.82, 2.24) is 5.32 Å². The maximum absolute atomic E-state index is 12.5. The highest BCUT2D eigenvalue weighted by Gasteiger charge is 2.18. The van der Waals surface area contributed by atoms with Gasteiger partial charge in [0.05, 0.1) is 25.4 Å². The molecule has 0 rings (SSSR count). The predicted molar refractivity (Wildman–Crippen MR) is 352 cm³/mol. The van der Waals surface area contributed by atoms with E-state index in [2.05, 4.69) is 55.6 Å². The van der Waals surface area contributed by atoms with Gasteiger partial charge >= 0.3 is 5.97 Å². The Labute approximate surface area is 499 Å². The molecule has 0 heterocycles. The van der Waals surface area contributed by atoms with Crippen LogP contribution in [0.15, 0.2) is 48.6 Å². The van der Waals surface area contributed by atoms with Crippen LogP contribution in [0.4, 0.5) is 0 Å². The highest BCUT2D eigenvalue weighted by atomic mass is 16.5. The maximum atomic E-state index is 12.5.